The van der Waals surface area contributed by atoms with Gasteiger partial charge in [0, 0.05) is 26.4 Å². The van der Waals surface area contributed by atoms with Gasteiger partial charge in [-0.15, -0.1) is 0 Å². The summed E-state index contributed by atoms with van der Waals surface area (Å²) in [7, 11) is 1.80. The highest BCUT2D eigenvalue weighted by atomic mass is 16.5. The van der Waals surface area contributed by atoms with Gasteiger partial charge in [-0.3, -0.25) is 4.79 Å². The molecule has 0 radical (unpaired) electrons. The van der Waals surface area contributed by atoms with Gasteiger partial charge in [0.25, 0.3) is 0 Å². The van der Waals surface area contributed by atoms with Gasteiger partial charge in [0.15, 0.2) is 5.82 Å². The zero-order valence-corrected chi connectivity index (χ0v) is 11.3. The summed E-state index contributed by atoms with van der Waals surface area (Å²) >= 11 is 0. The molecule has 106 valence electrons. The lowest BCUT2D eigenvalue weighted by molar-refractivity contribution is -0.135. The first-order valence-corrected chi connectivity index (χ1v) is 6.61. The molecule has 1 atom stereocenters. The monoisotopic (exact) mass is 276 g/mol. The first kappa shape index (κ1) is 12.8. The number of nitrogens with zero attached hydrogens (tertiary/aromatic N) is 6. The SMILES string of the molecule is CN(CCc1ncon1)C(=O)C1CCc2ncnn2C1. The molecule has 0 aliphatic carbocycles. The molecule has 2 aromatic rings. The van der Waals surface area contributed by atoms with E-state index in [1.807, 2.05) is 4.68 Å². The predicted octanol–water partition coefficient (Wildman–Crippen LogP) is -0.0754. The Hall–Kier alpha value is -2.25. The summed E-state index contributed by atoms with van der Waals surface area (Å²) in [6, 6.07) is 0. The molecule has 1 amide bonds. The van der Waals surface area contributed by atoms with Crippen molar-refractivity contribution >= 4 is 5.91 Å². The van der Waals surface area contributed by atoms with Crippen LogP contribution in [0.4, 0.5) is 0 Å². The van der Waals surface area contributed by atoms with Crippen molar-refractivity contribution in [3.8, 4) is 0 Å². The third-order valence-electron chi connectivity index (χ3n) is 3.61. The Bertz CT molecular complexity index is 579. The zero-order chi connectivity index (χ0) is 13.9. The molecule has 0 aromatic carbocycles. The Morgan fingerprint density at radius 1 is 1.55 bits per heavy atom. The largest absolute Gasteiger partial charge is 0.345 e. The number of rotatable bonds is 4. The van der Waals surface area contributed by atoms with Crippen LogP contribution in [-0.2, 0) is 24.2 Å². The lowest BCUT2D eigenvalue weighted by Crippen LogP contribution is -2.38. The van der Waals surface area contributed by atoms with Crippen molar-refractivity contribution in [3.05, 3.63) is 24.4 Å². The van der Waals surface area contributed by atoms with E-state index in [9.17, 15) is 4.79 Å². The fourth-order valence-electron chi connectivity index (χ4n) is 2.43. The standard InChI is InChI=1S/C12H16N6O2/c1-17(5-4-10-14-8-20-16-10)12(19)9-2-3-11-13-7-15-18(11)6-9/h7-9H,2-6H2,1H3. The van der Waals surface area contributed by atoms with Crippen molar-refractivity contribution in [2.24, 2.45) is 5.92 Å². The molecule has 0 bridgehead atoms. The second kappa shape index (κ2) is 5.40. The summed E-state index contributed by atoms with van der Waals surface area (Å²) in [5.41, 5.74) is 0. The molecule has 8 heteroatoms. The third kappa shape index (κ3) is 2.54. The molecule has 0 saturated carbocycles. The highest BCUT2D eigenvalue weighted by molar-refractivity contribution is 5.78. The summed E-state index contributed by atoms with van der Waals surface area (Å²) in [5.74, 6) is 1.68. The molecule has 0 spiro atoms. The maximum absolute atomic E-state index is 12.4. The topological polar surface area (TPSA) is 89.9 Å². The number of carbonyl (C=O) groups is 1. The quantitative estimate of drug-likeness (QED) is 0.776. The first-order chi connectivity index (χ1) is 9.74. The van der Waals surface area contributed by atoms with Crippen LogP contribution in [0, 0.1) is 5.92 Å². The minimum Gasteiger partial charge on any atom is -0.345 e. The lowest BCUT2D eigenvalue weighted by Gasteiger charge is -2.26. The molecule has 8 nitrogen and oxygen atoms in total. The maximum atomic E-state index is 12.4. The van der Waals surface area contributed by atoms with Gasteiger partial charge in [-0.1, -0.05) is 5.16 Å². The van der Waals surface area contributed by atoms with E-state index in [4.69, 9.17) is 0 Å². The Balaban J connectivity index is 1.56. The molecular formula is C12H16N6O2. The summed E-state index contributed by atoms with van der Waals surface area (Å²) < 4.78 is 6.49. The summed E-state index contributed by atoms with van der Waals surface area (Å²) in [6.45, 7) is 1.19. The normalized spacial score (nSPS) is 17.8. The zero-order valence-electron chi connectivity index (χ0n) is 11.3. The maximum Gasteiger partial charge on any atom is 0.227 e. The van der Waals surface area contributed by atoms with Crippen LogP contribution in [0.2, 0.25) is 0 Å². The van der Waals surface area contributed by atoms with Crippen LogP contribution in [0.15, 0.2) is 17.2 Å². The van der Waals surface area contributed by atoms with E-state index in [-0.39, 0.29) is 11.8 Å². The third-order valence-corrected chi connectivity index (χ3v) is 3.61. The molecule has 1 aliphatic heterocycles. The van der Waals surface area contributed by atoms with E-state index in [1.165, 1.54) is 6.39 Å². The average Bonchev–Trinajstić information content (AvgIpc) is 3.13. The van der Waals surface area contributed by atoms with Gasteiger partial charge in [-0.05, 0) is 6.42 Å². The van der Waals surface area contributed by atoms with Crippen LogP contribution in [0.3, 0.4) is 0 Å². The van der Waals surface area contributed by atoms with Gasteiger partial charge in [-0.2, -0.15) is 10.1 Å². The molecule has 0 fully saturated rings. The second-order valence-corrected chi connectivity index (χ2v) is 4.95. The number of fused-ring (bicyclic) bond motifs is 1. The molecule has 20 heavy (non-hydrogen) atoms. The van der Waals surface area contributed by atoms with Gasteiger partial charge in [0.1, 0.15) is 12.2 Å². The minimum atomic E-state index is -0.0283. The van der Waals surface area contributed by atoms with Gasteiger partial charge < -0.3 is 9.42 Å². The average molecular weight is 276 g/mol. The number of aryl methyl sites for hydroxylation is 1. The minimum absolute atomic E-state index is 0.0283. The first-order valence-electron chi connectivity index (χ1n) is 6.61. The smallest absolute Gasteiger partial charge is 0.227 e. The van der Waals surface area contributed by atoms with Crippen molar-refractivity contribution in [1.29, 1.82) is 0 Å². The van der Waals surface area contributed by atoms with E-state index in [2.05, 4.69) is 24.7 Å². The van der Waals surface area contributed by atoms with Crippen LogP contribution in [0.1, 0.15) is 18.1 Å². The molecule has 3 rings (SSSR count). The second-order valence-electron chi connectivity index (χ2n) is 4.95. The van der Waals surface area contributed by atoms with Crippen molar-refractivity contribution in [2.75, 3.05) is 13.6 Å². The summed E-state index contributed by atoms with van der Waals surface area (Å²) in [6.07, 6.45) is 5.06. The van der Waals surface area contributed by atoms with E-state index < -0.39 is 0 Å². The van der Waals surface area contributed by atoms with Crippen molar-refractivity contribution in [1.82, 2.24) is 29.8 Å². The fourth-order valence-corrected chi connectivity index (χ4v) is 2.43. The van der Waals surface area contributed by atoms with Crippen molar-refractivity contribution in [2.45, 2.75) is 25.8 Å². The van der Waals surface area contributed by atoms with E-state index in [0.717, 1.165) is 18.7 Å². The molecule has 1 aliphatic rings. The van der Waals surface area contributed by atoms with E-state index >= 15 is 0 Å². The number of carbonyl (C=O) groups excluding carboxylic acids is 1. The Kier molecular flexibility index (Phi) is 3.44. The Morgan fingerprint density at radius 3 is 3.25 bits per heavy atom. The van der Waals surface area contributed by atoms with Crippen LogP contribution in [0.25, 0.3) is 0 Å². The molecule has 1 unspecified atom stereocenters. The number of amides is 1. The molecular weight excluding hydrogens is 260 g/mol. The van der Waals surface area contributed by atoms with Crippen LogP contribution < -0.4 is 0 Å². The van der Waals surface area contributed by atoms with E-state index in [1.54, 1.807) is 18.3 Å². The van der Waals surface area contributed by atoms with Crippen LogP contribution in [-0.4, -0.2) is 49.3 Å². The number of hydrogen-bond acceptors (Lipinski definition) is 6. The summed E-state index contributed by atoms with van der Waals surface area (Å²) in [4.78, 5) is 22.2. The van der Waals surface area contributed by atoms with Gasteiger partial charge in [-0.25, -0.2) is 9.67 Å². The summed E-state index contributed by atoms with van der Waals surface area (Å²) in [5, 5.41) is 7.87. The Labute approximate surface area is 115 Å². The number of aromatic nitrogens is 5. The van der Waals surface area contributed by atoms with Gasteiger partial charge in [0.05, 0.1) is 12.5 Å². The van der Waals surface area contributed by atoms with Gasteiger partial charge in [0.2, 0.25) is 12.3 Å². The highest BCUT2D eigenvalue weighted by Crippen LogP contribution is 2.19. The lowest BCUT2D eigenvalue weighted by atomic mass is 9.98. The molecule has 0 saturated heterocycles. The molecule has 0 N–H and O–H groups in total. The van der Waals surface area contributed by atoms with Crippen molar-refractivity contribution in [3.63, 3.8) is 0 Å². The molecule has 3 heterocycles. The van der Waals surface area contributed by atoms with Crippen molar-refractivity contribution < 1.29 is 9.32 Å². The van der Waals surface area contributed by atoms with E-state index in [0.29, 0.717) is 25.3 Å². The van der Waals surface area contributed by atoms with Gasteiger partial charge >= 0.3 is 0 Å². The number of likely N-dealkylation sites (N-methyl/N-ethyl adjacent to an activating group) is 1. The molecule has 2 aromatic heterocycles. The predicted molar refractivity (Wildman–Crippen MR) is 67.5 cm³/mol. The highest BCUT2D eigenvalue weighted by Gasteiger charge is 2.27. The Morgan fingerprint density at radius 2 is 2.45 bits per heavy atom. The fraction of sp³-hybridized carbons (Fsp3) is 0.583. The number of hydrogen-bond donors (Lipinski definition) is 0. The van der Waals surface area contributed by atoms with Crippen LogP contribution >= 0.6 is 0 Å². The van der Waals surface area contributed by atoms with Crippen LogP contribution in [0.5, 0.6) is 0 Å².